The summed E-state index contributed by atoms with van der Waals surface area (Å²) < 4.78 is 54.4. The lowest BCUT2D eigenvalue weighted by Crippen LogP contribution is -2.17. The van der Waals surface area contributed by atoms with Crippen LogP contribution in [-0.4, -0.2) is 5.51 Å². The van der Waals surface area contributed by atoms with Gasteiger partial charge in [-0.1, -0.05) is 38.0 Å². The van der Waals surface area contributed by atoms with Gasteiger partial charge in [-0.05, 0) is 30.5 Å². The van der Waals surface area contributed by atoms with E-state index in [1.807, 2.05) is 6.92 Å². The van der Waals surface area contributed by atoms with Crippen molar-refractivity contribution in [2.24, 2.45) is 0 Å². The second kappa shape index (κ2) is 5.19. The Labute approximate surface area is 112 Å². The van der Waals surface area contributed by atoms with Crippen molar-refractivity contribution in [1.29, 1.82) is 0 Å². The van der Waals surface area contributed by atoms with Crippen LogP contribution in [0.1, 0.15) is 38.2 Å². The molecule has 1 aliphatic heterocycles. The molecule has 1 unspecified atom stereocenters. The molecule has 0 saturated carbocycles. The summed E-state index contributed by atoms with van der Waals surface area (Å²) >= 11 is 0. The molecular formula is C14H16F4S. The summed E-state index contributed by atoms with van der Waals surface area (Å²) in [5.41, 5.74) is -4.44. The van der Waals surface area contributed by atoms with E-state index in [9.17, 15) is 17.1 Å². The van der Waals surface area contributed by atoms with E-state index in [4.69, 9.17) is 0 Å². The predicted octanol–water partition coefficient (Wildman–Crippen LogP) is 6.19. The van der Waals surface area contributed by atoms with Crippen molar-refractivity contribution in [2.45, 2.75) is 43.0 Å². The summed E-state index contributed by atoms with van der Waals surface area (Å²) in [6.07, 6.45) is 3.91. The van der Waals surface area contributed by atoms with Crippen molar-refractivity contribution in [1.82, 2.24) is 0 Å². The molecular weight excluding hydrogens is 276 g/mol. The summed E-state index contributed by atoms with van der Waals surface area (Å²) in [5, 5.41) is 0. The monoisotopic (exact) mass is 292 g/mol. The van der Waals surface area contributed by atoms with Crippen LogP contribution in [0.5, 0.6) is 0 Å². The highest BCUT2D eigenvalue weighted by Gasteiger charge is 2.57. The van der Waals surface area contributed by atoms with Crippen LogP contribution in [-0.2, 0) is 0 Å². The third kappa shape index (κ3) is 2.40. The number of halogens is 4. The van der Waals surface area contributed by atoms with Gasteiger partial charge in [0.1, 0.15) is 0 Å². The molecule has 0 radical (unpaired) electrons. The molecule has 0 amide bonds. The van der Waals surface area contributed by atoms with Crippen molar-refractivity contribution >= 4 is 16.5 Å². The molecule has 1 aromatic carbocycles. The van der Waals surface area contributed by atoms with Crippen molar-refractivity contribution in [2.75, 3.05) is 0 Å². The van der Waals surface area contributed by atoms with Gasteiger partial charge in [-0.2, -0.15) is 17.1 Å². The Kier molecular flexibility index (Phi) is 3.95. The molecule has 1 aromatic rings. The summed E-state index contributed by atoms with van der Waals surface area (Å²) in [5.74, 6) is 0. The molecule has 0 spiro atoms. The number of hydrogen-bond donors (Lipinski definition) is 0. The minimum Gasteiger partial charge on any atom is -0.172 e. The number of hydrogen-bond acceptors (Lipinski definition) is 0. The molecule has 0 saturated heterocycles. The average Bonchev–Trinajstić information content (AvgIpc) is 2.64. The first-order valence-corrected chi connectivity index (χ1v) is 7.83. The van der Waals surface area contributed by atoms with E-state index in [0.717, 1.165) is 12.8 Å². The molecule has 0 aliphatic carbocycles. The quantitative estimate of drug-likeness (QED) is 0.458. The van der Waals surface area contributed by atoms with Crippen LogP contribution in [0.15, 0.2) is 34.1 Å². The zero-order valence-corrected chi connectivity index (χ0v) is 11.5. The van der Waals surface area contributed by atoms with Crippen LogP contribution in [0.4, 0.5) is 17.1 Å². The van der Waals surface area contributed by atoms with Gasteiger partial charge in [0.2, 0.25) is 0 Å². The van der Waals surface area contributed by atoms with Crippen LogP contribution in [0.25, 0.3) is 6.08 Å². The standard InChI is InChI=1S/C14H16F4S/c1-2-3-4-8-12-10-11-7-5-6-9-13(11)19(12,18)14(15,16)17/h5-7,9-10H,2-4,8H2,1H3. The molecule has 0 N–H and O–H groups in total. The van der Waals surface area contributed by atoms with E-state index in [-0.39, 0.29) is 16.2 Å². The minimum absolute atomic E-state index is 0.0744. The summed E-state index contributed by atoms with van der Waals surface area (Å²) in [6, 6.07) is 5.92. The number of rotatable bonds is 4. The predicted molar refractivity (Wildman–Crippen MR) is 71.6 cm³/mol. The highest BCUT2D eigenvalue weighted by atomic mass is 32.3. The van der Waals surface area contributed by atoms with E-state index in [0.29, 0.717) is 12.0 Å². The Bertz CT molecular complexity index is 492. The van der Waals surface area contributed by atoms with Crippen molar-refractivity contribution in [3.8, 4) is 0 Å². The maximum absolute atomic E-state index is 14.8. The highest BCUT2D eigenvalue weighted by Crippen LogP contribution is 2.78. The van der Waals surface area contributed by atoms with Crippen molar-refractivity contribution < 1.29 is 17.1 Å². The van der Waals surface area contributed by atoms with Gasteiger partial charge in [-0.15, -0.1) is 0 Å². The fourth-order valence-corrected chi connectivity index (χ4v) is 4.55. The van der Waals surface area contributed by atoms with E-state index in [2.05, 4.69) is 0 Å². The third-order valence-corrected chi connectivity index (χ3v) is 5.91. The molecule has 0 fully saturated rings. The Morgan fingerprint density at radius 3 is 2.42 bits per heavy atom. The smallest absolute Gasteiger partial charge is 0.172 e. The summed E-state index contributed by atoms with van der Waals surface area (Å²) in [6.45, 7) is 1.97. The van der Waals surface area contributed by atoms with E-state index in [1.54, 1.807) is 12.1 Å². The van der Waals surface area contributed by atoms with Gasteiger partial charge in [-0.25, -0.2) is 0 Å². The molecule has 106 valence electrons. The van der Waals surface area contributed by atoms with Crippen LogP contribution < -0.4 is 0 Å². The molecule has 1 atom stereocenters. The molecule has 2 rings (SSSR count). The van der Waals surface area contributed by atoms with Crippen LogP contribution in [0, 0.1) is 0 Å². The molecule has 5 heteroatoms. The van der Waals surface area contributed by atoms with Gasteiger partial charge in [0.05, 0.1) is 10.4 Å². The maximum atomic E-state index is 14.8. The van der Waals surface area contributed by atoms with Crippen LogP contribution in [0.3, 0.4) is 0 Å². The summed E-state index contributed by atoms with van der Waals surface area (Å²) in [7, 11) is -4.34. The molecule has 0 nitrogen and oxygen atoms in total. The zero-order valence-electron chi connectivity index (χ0n) is 10.6. The van der Waals surface area contributed by atoms with Crippen LogP contribution >= 0.6 is 10.4 Å². The number of fused-ring (bicyclic) bond motifs is 1. The van der Waals surface area contributed by atoms with Gasteiger partial charge in [0.15, 0.2) is 0 Å². The largest absolute Gasteiger partial charge is 0.459 e. The number of allylic oxidation sites excluding steroid dienone is 1. The van der Waals surface area contributed by atoms with Gasteiger partial charge in [0.25, 0.3) is 0 Å². The van der Waals surface area contributed by atoms with E-state index in [1.165, 1.54) is 18.2 Å². The Morgan fingerprint density at radius 1 is 1.11 bits per heavy atom. The average molecular weight is 292 g/mol. The van der Waals surface area contributed by atoms with E-state index < -0.39 is 15.9 Å². The second-order valence-electron chi connectivity index (χ2n) is 4.59. The lowest BCUT2D eigenvalue weighted by molar-refractivity contribution is -0.0413. The lowest BCUT2D eigenvalue weighted by Gasteiger charge is -2.32. The SMILES string of the molecule is CCCCCC1=Cc2ccccc2S1(F)C(F)(F)F. The minimum atomic E-state index is -4.82. The molecule has 1 heterocycles. The topological polar surface area (TPSA) is 0 Å². The second-order valence-corrected chi connectivity index (χ2v) is 7.09. The fraction of sp³-hybridized carbons (Fsp3) is 0.429. The van der Waals surface area contributed by atoms with Gasteiger partial charge < -0.3 is 0 Å². The first-order chi connectivity index (χ1) is 8.91. The van der Waals surface area contributed by atoms with Crippen LogP contribution in [0.2, 0.25) is 0 Å². The molecule has 19 heavy (non-hydrogen) atoms. The zero-order chi connectivity index (χ0) is 14.1. The Morgan fingerprint density at radius 2 is 1.79 bits per heavy atom. The fourth-order valence-electron chi connectivity index (χ4n) is 2.29. The third-order valence-electron chi connectivity index (χ3n) is 3.25. The Balaban J connectivity index is 2.38. The molecule has 0 aromatic heterocycles. The summed E-state index contributed by atoms with van der Waals surface area (Å²) in [4.78, 5) is -0.261. The Hall–Kier alpha value is -0.970. The van der Waals surface area contributed by atoms with Crippen molar-refractivity contribution in [3.05, 3.63) is 34.7 Å². The highest BCUT2D eigenvalue weighted by molar-refractivity contribution is 8.33. The van der Waals surface area contributed by atoms with Gasteiger partial charge in [0, 0.05) is 9.80 Å². The normalized spacial score (nSPS) is 25.6. The van der Waals surface area contributed by atoms with E-state index >= 15 is 0 Å². The first kappa shape index (κ1) is 14.4. The van der Waals surface area contributed by atoms with Gasteiger partial charge in [-0.3, -0.25) is 0 Å². The maximum Gasteiger partial charge on any atom is 0.459 e. The lowest BCUT2D eigenvalue weighted by atomic mass is 10.1. The number of unbranched alkanes of at least 4 members (excludes halogenated alkanes) is 2. The number of alkyl halides is 3. The molecule has 0 bridgehead atoms. The van der Waals surface area contributed by atoms with Gasteiger partial charge >= 0.3 is 5.51 Å². The first-order valence-electron chi connectivity index (χ1n) is 6.30. The number of benzene rings is 1. The molecule has 1 aliphatic rings. The van der Waals surface area contributed by atoms with Crippen molar-refractivity contribution in [3.63, 3.8) is 0 Å².